The van der Waals surface area contributed by atoms with Crippen LogP contribution in [0.2, 0.25) is 0 Å². The minimum atomic E-state index is -0.418. The molecule has 16 heavy (non-hydrogen) atoms. The van der Waals surface area contributed by atoms with Crippen LogP contribution < -0.4 is 10.1 Å². The molecule has 1 aromatic rings. The van der Waals surface area contributed by atoms with Gasteiger partial charge in [0.05, 0.1) is 12.3 Å². The van der Waals surface area contributed by atoms with E-state index in [-0.39, 0.29) is 12.0 Å². The van der Waals surface area contributed by atoms with Crippen molar-refractivity contribution in [2.45, 2.75) is 13.0 Å². The second-order valence-corrected chi connectivity index (χ2v) is 3.59. The van der Waals surface area contributed by atoms with E-state index < -0.39 is 5.82 Å². The standard InChI is InChI=1S/C11H12FNO3/c1-7(14)13-10-4-8(12)2-3-11(10)16-6-9-5-15-9/h2-4,9H,5-6H2,1H3,(H,13,14)/t9-/m0/s1. The summed E-state index contributed by atoms with van der Waals surface area (Å²) in [4.78, 5) is 10.9. The van der Waals surface area contributed by atoms with Gasteiger partial charge in [-0.25, -0.2) is 4.39 Å². The minimum absolute atomic E-state index is 0.121. The Morgan fingerprint density at radius 1 is 1.69 bits per heavy atom. The third-order valence-corrected chi connectivity index (χ3v) is 2.08. The number of ether oxygens (including phenoxy) is 2. The number of rotatable bonds is 4. The number of hydrogen-bond donors (Lipinski definition) is 1. The highest BCUT2D eigenvalue weighted by atomic mass is 19.1. The molecule has 1 aromatic carbocycles. The lowest BCUT2D eigenvalue weighted by molar-refractivity contribution is -0.114. The van der Waals surface area contributed by atoms with Crippen molar-refractivity contribution in [2.24, 2.45) is 0 Å². The normalized spacial score (nSPS) is 18.0. The highest BCUT2D eigenvalue weighted by molar-refractivity contribution is 5.90. The van der Waals surface area contributed by atoms with Gasteiger partial charge in [-0.2, -0.15) is 0 Å². The van der Waals surface area contributed by atoms with Gasteiger partial charge in [0.1, 0.15) is 24.3 Å². The molecule has 0 saturated carbocycles. The summed E-state index contributed by atoms with van der Waals surface area (Å²) in [5.41, 5.74) is 0.341. The number of benzene rings is 1. The van der Waals surface area contributed by atoms with E-state index in [4.69, 9.17) is 9.47 Å². The Morgan fingerprint density at radius 3 is 3.06 bits per heavy atom. The van der Waals surface area contributed by atoms with Gasteiger partial charge in [-0.05, 0) is 12.1 Å². The zero-order valence-corrected chi connectivity index (χ0v) is 8.83. The highest BCUT2D eigenvalue weighted by Crippen LogP contribution is 2.26. The number of anilines is 1. The quantitative estimate of drug-likeness (QED) is 0.791. The summed E-state index contributed by atoms with van der Waals surface area (Å²) in [5, 5.41) is 2.51. The first kappa shape index (κ1) is 10.9. The summed E-state index contributed by atoms with van der Waals surface area (Å²) < 4.78 is 23.4. The van der Waals surface area contributed by atoms with Gasteiger partial charge in [-0.1, -0.05) is 0 Å². The van der Waals surface area contributed by atoms with Crippen molar-refractivity contribution in [3.63, 3.8) is 0 Å². The van der Waals surface area contributed by atoms with E-state index in [0.29, 0.717) is 24.7 Å². The Morgan fingerprint density at radius 2 is 2.44 bits per heavy atom. The third-order valence-electron chi connectivity index (χ3n) is 2.08. The topological polar surface area (TPSA) is 50.9 Å². The van der Waals surface area contributed by atoms with E-state index in [1.54, 1.807) is 0 Å². The summed E-state index contributed by atoms with van der Waals surface area (Å²) in [6.07, 6.45) is 0.121. The molecule has 0 aliphatic carbocycles. The number of amides is 1. The van der Waals surface area contributed by atoms with Crippen LogP contribution in [-0.4, -0.2) is 25.2 Å². The second kappa shape index (κ2) is 4.49. The van der Waals surface area contributed by atoms with Gasteiger partial charge >= 0.3 is 0 Å². The third kappa shape index (κ3) is 2.93. The monoisotopic (exact) mass is 225 g/mol. The zero-order valence-electron chi connectivity index (χ0n) is 8.83. The molecule has 1 aliphatic heterocycles. The maximum absolute atomic E-state index is 13.0. The number of halogens is 1. The Kier molecular flexibility index (Phi) is 3.05. The first-order chi connectivity index (χ1) is 7.65. The molecule has 5 heteroatoms. The van der Waals surface area contributed by atoms with E-state index in [1.807, 2.05) is 0 Å². The summed E-state index contributed by atoms with van der Waals surface area (Å²) in [6.45, 7) is 2.47. The second-order valence-electron chi connectivity index (χ2n) is 3.59. The van der Waals surface area contributed by atoms with E-state index in [9.17, 15) is 9.18 Å². The summed E-state index contributed by atoms with van der Waals surface area (Å²) in [7, 11) is 0. The molecular formula is C11H12FNO3. The maximum atomic E-state index is 13.0. The van der Waals surface area contributed by atoms with Crippen LogP contribution in [0.15, 0.2) is 18.2 Å². The van der Waals surface area contributed by atoms with Crippen molar-refractivity contribution in [2.75, 3.05) is 18.5 Å². The lowest BCUT2D eigenvalue weighted by Crippen LogP contribution is -2.10. The van der Waals surface area contributed by atoms with Crippen molar-refractivity contribution >= 4 is 11.6 Å². The molecule has 1 N–H and O–H groups in total. The summed E-state index contributed by atoms with van der Waals surface area (Å²) >= 11 is 0. The minimum Gasteiger partial charge on any atom is -0.489 e. The molecule has 1 atom stereocenters. The summed E-state index contributed by atoms with van der Waals surface area (Å²) in [5.74, 6) is -0.232. The van der Waals surface area contributed by atoms with Crippen LogP contribution in [0.5, 0.6) is 5.75 Å². The Bertz CT molecular complexity index is 404. The molecule has 1 fully saturated rings. The summed E-state index contributed by atoms with van der Waals surface area (Å²) in [6, 6.07) is 4.00. The van der Waals surface area contributed by atoms with E-state index in [2.05, 4.69) is 5.32 Å². The number of nitrogens with one attached hydrogen (secondary N) is 1. The van der Waals surface area contributed by atoms with Crippen LogP contribution in [0, 0.1) is 5.82 Å². The van der Waals surface area contributed by atoms with Crippen molar-refractivity contribution in [3.8, 4) is 5.75 Å². The largest absolute Gasteiger partial charge is 0.489 e. The predicted molar refractivity (Wildman–Crippen MR) is 55.9 cm³/mol. The number of hydrogen-bond acceptors (Lipinski definition) is 3. The molecule has 0 aromatic heterocycles. The van der Waals surface area contributed by atoms with Crippen molar-refractivity contribution in [1.29, 1.82) is 0 Å². The van der Waals surface area contributed by atoms with E-state index >= 15 is 0 Å². The molecule has 1 amide bonds. The predicted octanol–water partition coefficient (Wildman–Crippen LogP) is 1.56. The first-order valence-corrected chi connectivity index (χ1v) is 4.96. The fourth-order valence-corrected chi connectivity index (χ4v) is 1.26. The van der Waals surface area contributed by atoms with Crippen LogP contribution >= 0.6 is 0 Å². The Balaban J connectivity index is 2.09. The van der Waals surface area contributed by atoms with E-state index in [0.717, 1.165) is 0 Å². The molecule has 86 valence electrons. The molecule has 0 spiro atoms. The van der Waals surface area contributed by atoms with Crippen molar-refractivity contribution in [1.82, 2.24) is 0 Å². The van der Waals surface area contributed by atoms with Crippen LogP contribution in [0.1, 0.15) is 6.92 Å². The van der Waals surface area contributed by atoms with Gasteiger partial charge in [0, 0.05) is 13.0 Å². The number of epoxide rings is 1. The molecule has 0 radical (unpaired) electrons. The van der Waals surface area contributed by atoms with E-state index in [1.165, 1.54) is 25.1 Å². The molecule has 1 aliphatic rings. The first-order valence-electron chi connectivity index (χ1n) is 4.96. The Hall–Kier alpha value is -1.62. The molecule has 0 unspecified atom stereocenters. The molecule has 4 nitrogen and oxygen atoms in total. The number of carbonyl (C=O) groups excluding carboxylic acids is 1. The molecule has 0 bridgehead atoms. The fourth-order valence-electron chi connectivity index (χ4n) is 1.26. The van der Waals surface area contributed by atoms with Crippen LogP contribution in [0.25, 0.3) is 0 Å². The lowest BCUT2D eigenvalue weighted by atomic mass is 10.3. The van der Waals surface area contributed by atoms with Crippen LogP contribution in [-0.2, 0) is 9.53 Å². The van der Waals surface area contributed by atoms with Gasteiger partial charge in [0.2, 0.25) is 5.91 Å². The highest BCUT2D eigenvalue weighted by Gasteiger charge is 2.23. The average molecular weight is 225 g/mol. The van der Waals surface area contributed by atoms with Crippen LogP contribution in [0.3, 0.4) is 0 Å². The zero-order chi connectivity index (χ0) is 11.5. The van der Waals surface area contributed by atoms with Gasteiger partial charge in [0.25, 0.3) is 0 Å². The van der Waals surface area contributed by atoms with Gasteiger partial charge in [-0.15, -0.1) is 0 Å². The number of carbonyl (C=O) groups is 1. The van der Waals surface area contributed by atoms with Gasteiger partial charge in [0.15, 0.2) is 0 Å². The molecule has 1 heterocycles. The molecule has 1 saturated heterocycles. The smallest absolute Gasteiger partial charge is 0.221 e. The maximum Gasteiger partial charge on any atom is 0.221 e. The van der Waals surface area contributed by atoms with Gasteiger partial charge < -0.3 is 14.8 Å². The van der Waals surface area contributed by atoms with Crippen molar-refractivity contribution < 1.29 is 18.7 Å². The van der Waals surface area contributed by atoms with Gasteiger partial charge in [-0.3, -0.25) is 4.79 Å². The average Bonchev–Trinajstić information content (AvgIpc) is 2.99. The SMILES string of the molecule is CC(=O)Nc1cc(F)ccc1OC[C@@H]1CO1. The Labute approximate surface area is 92.4 Å². The molecule has 2 rings (SSSR count). The fraction of sp³-hybridized carbons (Fsp3) is 0.364. The van der Waals surface area contributed by atoms with Crippen LogP contribution in [0.4, 0.5) is 10.1 Å². The molecular weight excluding hydrogens is 213 g/mol. The lowest BCUT2D eigenvalue weighted by Gasteiger charge is -2.10. The van der Waals surface area contributed by atoms with Crippen molar-refractivity contribution in [3.05, 3.63) is 24.0 Å².